The van der Waals surface area contributed by atoms with Crippen molar-refractivity contribution in [2.24, 2.45) is 0 Å². The molecule has 0 aliphatic heterocycles. The van der Waals surface area contributed by atoms with Crippen LogP contribution in [0.5, 0.6) is 5.75 Å². The summed E-state index contributed by atoms with van der Waals surface area (Å²) in [6.45, 7) is 0.973. The molecule has 0 saturated carbocycles. The maximum absolute atomic E-state index is 12.8. The van der Waals surface area contributed by atoms with Crippen molar-refractivity contribution >= 4 is 22.8 Å². The lowest BCUT2D eigenvalue weighted by molar-refractivity contribution is -0.137. The number of nitrogens with one attached hydrogen (secondary N) is 1. The molecule has 4 aromatic rings. The van der Waals surface area contributed by atoms with Crippen molar-refractivity contribution in [3.8, 4) is 5.75 Å². The average molecular weight is 527 g/mol. The van der Waals surface area contributed by atoms with E-state index >= 15 is 0 Å². The van der Waals surface area contributed by atoms with E-state index in [0.717, 1.165) is 59.2 Å². The Morgan fingerprint density at radius 2 is 1.69 bits per heavy atom. The molecule has 1 amide bonds. The molecule has 0 radical (unpaired) electrons. The van der Waals surface area contributed by atoms with Crippen molar-refractivity contribution in [1.29, 1.82) is 0 Å². The van der Waals surface area contributed by atoms with E-state index in [4.69, 9.17) is 9.84 Å². The second-order valence-corrected chi connectivity index (χ2v) is 10.2. The Balaban J connectivity index is 1.61. The summed E-state index contributed by atoms with van der Waals surface area (Å²) in [5.74, 6) is -0.972. The number of nitrogens with zero attached hydrogens (tertiary/aromatic N) is 1. The van der Waals surface area contributed by atoms with Crippen molar-refractivity contribution in [3.63, 3.8) is 0 Å². The van der Waals surface area contributed by atoms with Gasteiger partial charge < -0.3 is 14.4 Å². The largest absolute Gasteiger partial charge is 0.493 e. The minimum absolute atomic E-state index is 0.0448. The zero-order valence-electron chi connectivity index (χ0n) is 21.9. The number of benzene rings is 3. The first-order valence-corrected chi connectivity index (χ1v) is 13.6. The summed E-state index contributed by atoms with van der Waals surface area (Å²) in [6, 6.07) is 24.8. The van der Waals surface area contributed by atoms with Crippen molar-refractivity contribution in [2.75, 3.05) is 6.61 Å². The monoisotopic (exact) mass is 526 g/mol. The van der Waals surface area contributed by atoms with Gasteiger partial charge in [0.05, 0.1) is 12.5 Å². The van der Waals surface area contributed by atoms with Gasteiger partial charge in [0, 0.05) is 29.6 Å². The molecule has 3 aromatic carbocycles. The Hall–Kier alpha value is -4.10. The summed E-state index contributed by atoms with van der Waals surface area (Å²) in [6.07, 6.45) is 4.42. The molecule has 0 spiro atoms. The summed E-state index contributed by atoms with van der Waals surface area (Å²) in [4.78, 5) is 23.8. The number of hydrogen-bond donors (Lipinski definition) is 3. The van der Waals surface area contributed by atoms with Crippen molar-refractivity contribution in [2.45, 2.75) is 57.4 Å². The lowest BCUT2D eigenvalue weighted by Crippen LogP contribution is -2.29. The predicted molar refractivity (Wildman–Crippen MR) is 149 cm³/mol. The van der Waals surface area contributed by atoms with Gasteiger partial charge in [-0.2, -0.15) is 0 Å². The van der Waals surface area contributed by atoms with Crippen LogP contribution in [0, 0.1) is 0 Å². The summed E-state index contributed by atoms with van der Waals surface area (Å²) >= 11 is 0. The summed E-state index contributed by atoms with van der Waals surface area (Å²) in [5, 5.41) is 19.5. The van der Waals surface area contributed by atoms with E-state index in [1.165, 1.54) is 11.1 Å². The van der Waals surface area contributed by atoms with E-state index in [-0.39, 0.29) is 6.42 Å². The number of carbonyl (C=O) groups excluding carboxylic acids is 1. The molecule has 1 atom stereocenters. The third-order valence-corrected chi connectivity index (χ3v) is 7.58. The molecule has 39 heavy (non-hydrogen) atoms. The van der Waals surface area contributed by atoms with Gasteiger partial charge in [-0.1, -0.05) is 60.7 Å². The highest BCUT2D eigenvalue weighted by molar-refractivity contribution is 5.95. The fraction of sp³-hybridized carbons (Fsp3) is 0.312. The molecule has 1 aliphatic rings. The lowest BCUT2D eigenvalue weighted by Gasteiger charge is -2.23. The van der Waals surface area contributed by atoms with Gasteiger partial charge in [-0.25, -0.2) is 5.48 Å². The second-order valence-electron chi connectivity index (χ2n) is 10.2. The van der Waals surface area contributed by atoms with Crippen LogP contribution < -0.4 is 10.2 Å². The van der Waals surface area contributed by atoms with Crippen LogP contribution in [0.15, 0.2) is 72.8 Å². The number of carbonyl (C=O) groups is 2. The van der Waals surface area contributed by atoms with Crippen LogP contribution in [0.4, 0.5) is 0 Å². The first kappa shape index (κ1) is 26.5. The molecule has 1 aliphatic carbocycles. The molecule has 0 saturated heterocycles. The minimum Gasteiger partial charge on any atom is -0.493 e. The van der Waals surface area contributed by atoms with Gasteiger partial charge in [-0.05, 0) is 72.9 Å². The smallest absolute Gasteiger partial charge is 0.303 e. The number of rotatable bonds is 11. The Labute approximate surface area is 228 Å². The van der Waals surface area contributed by atoms with Crippen LogP contribution in [0.2, 0.25) is 0 Å². The number of amides is 1. The third-order valence-electron chi connectivity index (χ3n) is 7.58. The molecular formula is C32H34N2O5. The predicted octanol–water partition coefficient (Wildman–Crippen LogP) is 5.64. The number of aryl methyl sites for hydroxylation is 2. The molecule has 0 bridgehead atoms. The third kappa shape index (κ3) is 5.99. The van der Waals surface area contributed by atoms with Gasteiger partial charge in [0.15, 0.2) is 0 Å². The van der Waals surface area contributed by atoms with Crippen LogP contribution in [0.3, 0.4) is 0 Å². The number of hydroxylamine groups is 1. The van der Waals surface area contributed by atoms with Crippen LogP contribution in [0.1, 0.15) is 59.5 Å². The highest BCUT2D eigenvalue weighted by Gasteiger charge is 2.32. The number of ether oxygens (including phenoxy) is 1. The van der Waals surface area contributed by atoms with Crippen molar-refractivity contribution < 1.29 is 24.6 Å². The normalized spacial score (nSPS) is 14.6. The Morgan fingerprint density at radius 3 is 2.38 bits per heavy atom. The average Bonchev–Trinajstić information content (AvgIpc) is 3.26. The molecule has 7 nitrogen and oxygen atoms in total. The first-order valence-electron chi connectivity index (χ1n) is 13.6. The van der Waals surface area contributed by atoms with Crippen LogP contribution >= 0.6 is 0 Å². The summed E-state index contributed by atoms with van der Waals surface area (Å²) < 4.78 is 8.52. The molecule has 7 heteroatoms. The Morgan fingerprint density at radius 1 is 0.974 bits per heavy atom. The van der Waals surface area contributed by atoms with Crippen molar-refractivity contribution in [3.05, 3.63) is 101 Å². The highest BCUT2D eigenvalue weighted by atomic mass is 16.5. The maximum Gasteiger partial charge on any atom is 0.303 e. The number of carboxylic acid groups (broad SMARTS) is 1. The fourth-order valence-electron chi connectivity index (χ4n) is 5.72. The number of fused-ring (bicyclic) bond motifs is 3. The van der Waals surface area contributed by atoms with Crippen LogP contribution in [-0.4, -0.2) is 33.4 Å². The molecule has 1 aromatic heterocycles. The van der Waals surface area contributed by atoms with Gasteiger partial charge >= 0.3 is 5.97 Å². The van der Waals surface area contributed by atoms with E-state index in [0.29, 0.717) is 26.0 Å². The standard InChI is InChI=1S/C32H34N2O5/c35-30(36)15-8-18-39-29-20-26-28(19-24(29)17-16-22-9-3-1-4-10-22)34(21-23-11-5-2-6-12-23)27-14-7-13-25(31(26)27)32(37)33-38/h1-6,9-12,19-20,25,38H,7-8,13-18,21H2,(H,33,37)(H,35,36). The zero-order chi connectivity index (χ0) is 27.2. The number of hydrogen-bond acceptors (Lipinski definition) is 4. The zero-order valence-corrected chi connectivity index (χ0v) is 21.9. The fourth-order valence-corrected chi connectivity index (χ4v) is 5.72. The molecular weight excluding hydrogens is 492 g/mol. The van der Waals surface area contributed by atoms with Gasteiger partial charge in [-0.15, -0.1) is 0 Å². The molecule has 5 rings (SSSR count). The van der Waals surface area contributed by atoms with Gasteiger partial charge in [0.25, 0.3) is 5.91 Å². The first-order chi connectivity index (χ1) is 19.0. The van der Waals surface area contributed by atoms with E-state index in [1.807, 2.05) is 47.9 Å². The molecule has 0 fully saturated rings. The van der Waals surface area contributed by atoms with E-state index in [2.05, 4.69) is 34.9 Å². The number of aromatic nitrogens is 1. The summed E-state index contributed by atoms with van der Waals surface area (Å²) in [7, 11) is 0. The topological polar surface area (TPSA) is 101 Å². The number of aliphatic carboxylic acids is 1. The van der Waals surface area contributed by atoms with E-state index in [1.54, 1.807) is 0 Å². The van der Waals surface area contributed by atoms with Crippen molar-refractivity contribution in [1.82, 2.24) is 10.0 Å². The van der Waals surface area contributed by atoms with E-state index in [9.17, 15) is 14.8 Å². The maximum atomic E-state index is 12.8. The van der Waals surface area contributed by atoms with Crippen LogP contribution in [0.25, 0.3) is 10.9 Å². The van der Waals surface area contributed by atoms with E-state index < -0.39 is 17.8 Å². The SMILES string of the molecule is O=C(O)CCCOc1cc2c3c(n(Cc4ccccc4)c2cc1CCc1ccccc1)CCCC3C(=O)NO. The molecule has 202 valence electrons. The van der Waals surface area contributed by atoms with Gasteiger partial charge in [0.2, 0.25) is 0 Å². The number of carboxylic acids is 1. The lowest BCUT2D eigenvalue weighted by atomic mass is 9.84. The second kappa shape index (κ2) is 12.2. The van der Waals surface area contributed by atoms with Crippen LogP contribution in [-0.2, 0) is 35.4 Å². The molecule has 1 unspecified atom stereocenters. The Kier molecular flexibility index (Phi) is 8.27. The molecule has 3 N–H and O–H groups in total. The van der Waals surface area contributed by atoms with Gasteiger partial charge in [0.1, 0.15) is 5.75 Å². The minimum atomic E-state index is -0.844. The summed E-state index contributed by atoms with van der Waals surface area (Å²) in [5.41, 5.74) is 8.44. The quantitative estimate of drug-likeness (QED) is 0.133. The Bertz CT molecular complexity index is 1450. The van der Waals surface area contributed by atoms with Gasteiger partial charge in [-0.3, -0.25) is 14.8 Å². The highest BCUT2D eigenvalue weighted by Crippen LogP contribution is 2.42. The molecule has 1 heterocycles.